The van der Waals surface area contributed by atoms with Crippen LogP contribution in [-0.4, -0.2) is 17.4 Å². The van der Waals surface area contributed by atoms with E-state index >= 15 is 0 Å². The number of para-hydroxylation sites is 2. The van der Waals surface area contributed by atoms with Crippen molar-refractivity contribution in [3.63, 3.8) is 0 Å². The van der Waals surface area contributed by atoms with E-state index in [0.29, 0.717) is 6.04 Å². The first-order chi connectivity index (χ1) is 11.8. The molecule has 0 amide bonds. The van der Waals surface area contributed by atoms with Crippen molar-refractivity contribution < 1.29 is 0 Å². The van der Waals surface area contributed by atoms with Crippen molar-refractivity contribution in [3.8, 4) is 0 Å². The van der Waals surface area contributed by atoms with Crippen LogP contribution in [0.1, 0.15) is 31.2 Å². The third-order valence-corrected chi connectivity index (χ3v) is 5.15. The summed E-state index contributed by atoms with van der Waals surface area (Å²) in [5, 5.41) is 7.37. The normalized spacial score (nSPS) is 25.5. The maximum absolute atomic E-state index is 6.14. The fourth-order valence-corrected chi connectivity index (χ4v) is 3.71. The van der Waals surface area contributed by atoms with E-state index < -0.39 is 0 Å². The smallest absolute Gasteiger partial charge is 0.128 e. The Morgan fingerprint density at radius 1 is 1.04 bits per heavy atom. The van der Waals surface area contributed by atoms with Gasteiger partial charge in [0.05, 0.1) is 16.9 Å². The molecule has 1 saturated carbocycles. The molecule has 4 heteroatoms. The molecule has 1 fully saturated rings. The van der Waals surface area contributed by atoms with E-state index in [0.717, 1.165) is 49.4 Å². The molecular formula is C20H24N4. The van der Waals surface area contributed by atoms with Gasteiger partial charge in [-0.1, -0.05) is 42.5 Å². The van der Waals surface area contributed by atoms with Gasteiger partial charge in [-0.05, 0) is 43.4 Å². The minimum absolute atomic E-state index is 0.112. The second kappa shape index (κ2) is 6.29. The Hall–Kier alpha value is -2.33. The molecule has 2 aliphatic rings. The molecule has 0 aromatic heterocycles. The van der Waals surface area contributed by atoms with Gasteiger partial charge >= 0.3 is 0 Å². The molecule has 2 aromatic carbocycles. The highest BCUT2D eigenvalue weighted by Crippen LogP contribution is 2.39. The van der Waals surface area contributed by atoms with E-state index in [-0.39, 0.29) is 5.54 Å². The highest BCUT2D eigenvalue weighted by atomic mass is 15.2. The molecule has 24 heavy (non-hydrogen) atoms. The second-order valence-corrected chi connectivity index (χ2v) is 6.86. The number of fused-ring (bicyclic) bond motifs is 1. The Balaban J connectivity index is 1.63. The van der Waals surface area contributed by atoms with E-state index in [1.54, 1.807) is 0 Å². The molecule has 0 atom stereocenters. The van der Waals surface area contributed by atoms with E-state index in [9.17, 15) is 0 Å². The first kappa shape index (κ1) is 15.2. The number of hydrogen-bond donors (Lipinski definition) is 3. The van der Waals surface area contributed by atoms with Crippen molar-refractivity contribution in [1.82, 2.24) is 5.32 Å². The van der Waals surface area contributed by atoms with Crippen LogP contribution in [0.2, 0.25) is 0 Å². The summed E-state index contributed by atoms with van der Waals surface area (Å²) in [6.07, 6.45) is 4.09. The number of rotatable bonds is 2. The lowest BCUT2D eigenvalue weighted by Gasteiger charge is -2.44. The summed E-state index contributed by atoms with van der Waals surface area (Å²) in [4.78, 5) is 4.96. The maximum Gasteiger partial charge on any atom is 0.128 e. The summed E-state index contributed by atoms with van der Waals surface area (Å²) < 4.78 is 0. The molecule has 1 aliphatic carbocycles. The lowest BCUT2D eigenvalue weighted by atomic mass is 9.77. The van der Waals surface area contributed by atoms with Gasteiger partial charge in [0.15, 0.2) is 0 Å². The number of anilines is 1. The molecule has 1 heterocycles. The fraction of sp³-hybridized carbons (Fsp3) is 0.350. The van der Waals surface area contributed by atoms with E-state index in [2.05, 4.69) is 53.1 Å². The van der Waals surface area contributed by atoms with Crippen LogP contribution in [0.5, 0.6) is 0 Å². The van der Waals surface area contributed by atoms with Gasteiger partial charge < -0.3 is 16.4 Å². The van der Waals surface area contributed by atoms with Crippen LogP contribution in [0, 0.1) is 0 Å². The molecule has 0 unspecified atom stereocenters. The van der Waals surface area contributed by atoms with Gasteiger partial charge in [0, 0.05) is 12.6 Å². The highest BCUT2D eigenvalue weighted by molar-refractivity contribution is 6.00. The molecule has 0 radical (unpaired) electrons. The van der Waals surface area contributed by atoms with Gasteiger partial charge in [-0.3, -0.25) is 0 Å². The minimum atomic E-state index is -0.112. The van der Waals surface area contributed by atoms with Gasteiger partial charge in [0.1, 0.15) is 5.84 Å². The van der Waals surface area contributed by atoms with Crippen molar-refractivity contribution in [2.45, 2.75) is 43.8 Å². The Morgan fingerprint density at radius 2 is 1.75 bits per heavy atom. The van der Waals surface area contributed by atoms with Crippen LogP contribution in [0.4, 0.5) is 11.4 Å². The molecule has 0 saturated heterocycles. The zero-order valence-corrected chi connectivity index (χ0v) is 13.8. The largest absolute Gasteiger partial charge is 0.371 e. The van der Waals surface area contributed by atoms with Crippen molar-refractivity contribution in [2.24, 2.45) is 10.7 Å². The topological polar surface area (TPSA) is 62.4 Å². The molecular weight excluding hydrogens is 296 g/mol. The van der Waals surface area contributed by atoms with Gasteiger partial charge in [0.25, 0.3) is 0 Å². The number of amidine groups is 1. The maximum atomic E-state index is 6.14. The SMILES string of the molecule is NC1CCC2(CC1)Nc1ccccc1N=C2NCc1ccccc1. The lowest BCUT2D eigenvalue weighted by Crippen LogP contribution is -2.56. The standard InChI is InChI=1S/C20H24N4/c21-16-10-12-20(13-11-16)19(22-14-15-6-2-1-3-7-15)23-17-8-4-5-9-18(17)24-20/h1-9,16,24H,10-14,21H2,(H,22,23). The quantitative estimate of drug-likeness (QED) is 0.792. The number of benzene rings is 2. The summed E-state index contributed by atoms with van der Waals surface area (Å²) in [5.41, 5.74) is 9.43. The molecule has 124 valence electrons. The molecule has 4 rings (SSSR count). The van der Waals surface area contributed by atoms with Crippen molar-refractivity contribution in [2.75, 3.05) is 5.32 Å². The Morgan fingerprint density at radius 3 is 2.54 bits per heavy atom. The zero-order chi connectivity index (χ0) is 16.4. The monoisotopic (exact) mass is 320 g/mol. The van der Waals surface area contributed by atoms with E-state index in [1.165, 1.54) is 5.56 Å². The first-order valence-corrected chi connectivity index (χ1v) is 8.75. The summed E-state index contributed by atoms with van der Waals surface area (Å²) >= 11 is 0. The van der Waals surface area contributed by atoms with Gasteiger partial charge in [0.2, 0.25) is 0 Å². The van der Waals surface area contributed by atoms with Crippen molar-refractivity contribution in [3.05, 3.63) is 60.2 Å². The average molecular weight is 320 g/mol. The molecule has 4 N–H and O–H groups in total. The summed E-state index contributed by atoms with van der Waals surface area (Å²) in [6.45, 7) is 0.789. The minimum Gasteiger partial charge on any atom is -0.371 e. The lowest BCUT2D eigenvalue weighted by molar-refractivity contribution is 0.358. The highest BCUT2D eigenvalue weighted by Gasteiger charge is 2.41. The third kappa shape index (κ3) is 2.89. The summed E-state index contributed by atoms with van der Waals surface area (Å²) in [7, 11) is 0. The molecule has 4 nitrogen and oxygen atoms in total. The van der Waals surface area contributed by atoms with Crippen LogP contribution in [0.25, 0.3) is 0 Å². The second-order valence-electron chi connectivity index (χ2n) is 6.86. The van der Waals surface area contributed by atoms with Crippen molar-refractivity contribution >= 4 is 17.2 Å². The molecule has 0 bridgehead atoms. The van der Waals surface area contributed by atoms with Gasteiger partial charge in [-0.2, -0.15) is 0 Å². The Labute approximate surface area is 143 Å². The number of nitrogens with one attached hydrogen (secondary N) is 2. The molecule has 1 aliphatic heterocycles. The summed E-state index contributed by atoms with van der Waals surface area (Å²) in [6, 6.07) is 19.1. The van der Waals surface area contributed by atoms with Gasteiger partial charge in [-0.25, -0.2) is 4.99 Å². The number of nitrogens with zero attached hydrogens (tertiary/aromatic N) is 1. The van der Waals surface area contributed by atoms with Crippen LogP contribution in [-0.2, 0) is 6.54 Å². The van der Waals surface area contributed by atoms with Crippen LogP contribution in [0.15, 0.2) is 59.6 Å². The van der Waals surface area contributed by atoms with Gasteiger partial charge in [-0.15, -0.1) is 0 Å². The molecule has 1 spiro atoms. The number of hydrogen-bond acceptors (Lipinski definition) is 4. The average Bonchev–Trinajstić information content (AvgIpc) is 2.63. The number of nitrogens with two attached hydrogens (primary N) is 1. The zero-order valence-electron chi connectivity index (χ0n) is 13.8. The van der Waals surface area contributed by atoms with Crippen molar-refractivity contribution in [1.29, 1.82) is 0 Å². The fourth-order valence-electron chi connectivity index (χ4n) is 3.71. The van der Waals surface area contributed by atoms with Crippen LogP contribution in [0.3, 0.4) is 0 Å². The first-order valence-electron chi connectivity index (χ1n) is 8.75. The summed E-state index contributed by atoms with van der Waals surface area (Å²) in [5.74, 6) is 1.05. The predicted molar refractivity (Wildman–Crippen MR) is 99.6 cm³/mol. The Kier molecular flexibility index (Phi) is 3.98. The van der Waals surface area contributed by atoms with Crippen LogP contribution < -0.4 is 16.4 Å². The van der Waals surface area contributed by atoms with E-state index in [1.807, 2.05) is 12.1 Å². The van der Waals surface area contributed by atoms with Crippen LogP contribution >= 0.6 is 0 Å². The third-order valence-electron chi connectivity index (χ3n) is 5.15. The predicted octanol–water partition coefficient (Wildman–Crippen LogP) is 3.57. The Bertz CT molecular complexity index is 730. The molecule has 2 aromatic rings. The van der Waals surface area contributed by atoms with E-state index in [4.69, 9.17) is 10.7 Å². The number of aliphatic imine (C=N–C) groups is 1.